The zero-order valence-corrected chi connectivity index (χ0v) is 11.7. The summed E-state index contributed by atoms with van der Waals surface area (Å²) in [5.41, 5.74) is 0.825. The molecule has 3 rings (SSSR count). The van der Waals surface area contributed by atoms with Crippen LogP contribution in [0.25, 0.3) is 0 Å². The van der Waals surface area contributed by atoms with E-state index >= 15 is 0 Å². The zero-order valence-electron chi connectivity index (χ0n) is 11.7. The van der Waals surface area contributed by atoms with Gasteiger partial charge in [0.25, 0.3) is 0 Å². The van der Waals surface area contributed by atoms with Crippen LogP contribution in [0.15, 0.2) is 36.7 Å². The highest BCUT2D eigenvalue weighted by atomic mass is 16.6. The van der Waals surface area contributed by atoms with Crippen LogP contribution in [0.3, 0.4) is 0 Å². The smallest absolute Gasteiger partial charge is 0.161 e. The maximum atomic E-state index is 10.2. The fourth-order valence-corrected chi connectivity index (χ4v) is 2.25. The van der Waals surface area contributed by atoms with E-state index in [1.54, 1.807) is 6.20 Å². The van der Waals surface area contributed by atoms with E-state index in [0.717, 1.165) is 24.4 Å². The molecule has 6 heteroatoms. The number of hydrogen-bond acceptors (Lipinski definition) is 5. The molecule has 2 aromatic rings. The van der Waals surface area contributed by atoms with Gasteiger partial charge in [0.1, 0.15) is 13.2 Å². The van der Waals surface area contributed by atoms with Crippen molar-refractivity contribution in [2.45, 2.75) is 12.6 Å². The van der Waals surface area contributed by atoms with Gasteiger partial charge in [0.2, 0.25) is 0 Å². The van der Waals surface area contributed by atoms with Gasteiger partial charge in [0.15, 0.2) is 11.5 Å². The lowest BCUT2D eigenvalue weighted by Gasteiger charge is -2.20. The van der Waals surface area contributed by atoms with Crippen molar-refractivity contribution in [3.05, 3.63) is 42.2 Å². The lowest BCUT2D eigenvalue weighted by molar-refractivity contribution is 0.163. The van der Waals surface area contributed by atoms with Crippen LogP contribution in [0.4, 0.5) is 0 Å². The van der Waals surface area contributed by atoms with Gasteiger partial charge in [-0.2, -0.15) is 5.10 Å². The first-order valence-electron chi connectivity index (χ1n) is 7.09. The SMILES string of the molecule is OC(CNCCn1cccn1)c1ccc2c(c1)OCCO2. The van der Waals surface area contributed by atoms with E-state index in [2.05, 4.69) is 10.4 Å². The van der Waals surface area contributed by atoms with Crippen molar-refractivity contribution < 1.29 is 14.6 Å². The molecule has 1 atom stereocenters. The third kappa shape index (κ3) is 3.53. The summed E-state index contributed by atoms with van der Waals surface area (Å²) < 4.78 is 12.8. The molecular weight excluding hydrogens is 270 g/mol. The van der Waals surface area contributed by atoms with Crippen LogP contribution >= 0.6 is 0 Å². The Morgan fingerprint density at radius 1 is 1.29 bits per heavy atom. The molecule has 6 nitrogen and oxygen atoms in total. The van der Waals surface area contributed by atoms with Gasteiger partial charge in [-0.3, -0.25) is 4.68 Å². The van der Waals surface area contributed by atoms with Crippen molar-refractivity contribution in [1.29, 1.82) is 0 Å². The van der Waals surface area contributed by atoms with Crippen molar-refractivity contribution in [3.8, 4) is 11.5 Å². The number of benzene rings is 1. The third-order valence-corrected chi connectivity index (χ3v) is 3.37. The van der Waals surface area contributed by atoms with Gasteiger partial charge >= 0.3 is 0 Å². The summed E-state index contributed by atoms with van der Waals surface area (Å²) in [5, 5.41) is 17.5. The summed E-state index contributed by atoms with van der Waals surface area (Å²) in [6.45, 7) is 3.14. The maximum absolute atomic E-state index is 10.2. The lowest BCUT2D eigenvalue weighted by atomic mass is 10.1. The Kier molecular flexibility index (Phi) is 4.37. The van der Waals surface area contributed by atoms with E-state index in [1.165, 1.54) is 0 Å². The first kappa shape index (κ1) is 13.9. The van der Waals surface area contributed by atoms with Crippen LogP contribution < -0.4 is 14.8 Å². The molecule has 1 aromatic heterocycles. The minimum atomic E-state index is -0.571. The van der Waals surface area contributed by atoms with E-state index in [0.29, 0.717) is 25.5 Å². The molecule has 0 amide bonds. The number of hydrogen-bond donors (Lipinski definition) is 2. The zero-order chi connectivity index (χ0) is 14.5. The second kappa shape index (κ2) is 6.60. The molecule has 21 heavy (non-hydrogen) atoms. The van der Waals surface area contributed by atoms with E-state index in [1.807, 2.05) is 35.1 Å². The van der Waals surface area contributed by atoms with Crippen molar-refractivity contribution in [2.75, 3.05) is 26.3 Å². The Bertz CT molecular complexity index is 572. The van der Waals surface area contributed by atoms with Gasteiger partial charge in [-0.15, -0.1) is 0 Å². The van der Waals surface area contributed by atoms with Crippen LogP contribution in [0, 0.1) is 0 Å². The van der Waals surface area contributed by atoms with Gasteiger partial charge in [-0.1, -0.05) is 6.07 Å². The molecule has 0 spiro atoms. The Morgan fingerprint density at radius 3 is 2.95 bits per heavy atom. The highest BCUT2D eigenvalue weighted by Gasteiger charge is 2.15. The summed E-state index contributed by atoms with van der Waals surface area (Å²) in [7, 11) is 0. The van der Waals surface area contributed by atoms with Gasteiger partial charge in [-0.25, -0.2) is 0 Å². The summed E-state index contributed by atoms with van der Waals surface area (Å²) in [6, 6.07) is 7.45. The fraction of sp³-hybridized carbons (Fsp3) is 0.400. The number of aliphatic hydroxyl groups excluding tert-OH is 1. The molecule has 1 aliphatic rings. The molecule has 1 aromatic carbocycles. The first-order chi connectivity index (χ1) is 10.3. The van der Waals surface area contributed by atoms with Crippen LogP contribution in [0.5, 0.6) is 11.5 Å². The van der Waals surface area contributed by atoms with Crippen molar-refractivity contribution in [2.24, 2.45) is 0 Å². The fourth-order valence-electron chi connectivity index (χ4n) is 2.25. The average molecular weight is 289 g/mol. The van der Waals surface area contributed by atoms with Gasteiger partial charge in [-0.05, 0) is 23.8 Å². The number of aliphatic hydroxyl groups is 1. The van der Waals surface area contributed by atoms with Gasteiger partial charge in [0, 0.05) is 25.5 Å². The minimum absolute atomic E-state index is 0.487. The monoisotopic (exact) mass is 289 g/mol. The molecule has 0 saturated carbocycles. The van der Waals surface area contributed by atoms with Crippen molar-refractivity contribution >= 4 is 0 Å². The molecule has 2 N–H and O–H groups in total. The van der Waals surface area contributed by atoms with Crippen LogP contribution in [-0.2, 0) is 6.54 Å². The number of nitrogens with zero attached hydrogens (tertiary/aromatic N) is 2. The molecule has 0 saturated heterocycles. The van der Waals surface area contributed by atoms with Crippen LogP contribution in [0.2, 0.25) is 0 Å². The predicted octanol–water partition coefficient (Wildman–Crippen LogP) is 0.977. The lowest BCUT2D eigenvalue weighted by Crippen LogP contribution is -2.25. The molecule has 1 aliphatic heterocycles. The molecule has 112 valence electrons. The third-order valence-electron chi connectivity index (χ3n) is 3.37. The number of ether oxygens (including phenoxy) is 2. The molecule has 0 aliphatic carbocycles. The molecular formula is C15H19N3O3. The summed E-state index contributed by atoms with van der Waals surface area (Å²) in [6.07, 6.45) is 3.10. The molecule has 0 radical (unpaired) electrons. The van der Waals surface area contributed by atoms with Gasteiger partial charge < -0.3 is 19.9 Å². The van der Waals surface area contributed by atoms with Crippen molar-refractivity contribution in [3.63, 3.8) is 0 Å². The molecule has 2 heterocycles. The number of aromatic nitrogens is 2. The van der Waals surface area contributed by atoms with E-state index in [4.69, 9.17) is 9.47 Å². The van der Waals surface area contributed by atoms with Crippen LogP contribution in [-0.4, -0.2) is 41.2 Å². The highest BCUT2D eigenvalue weighted by Crippen LogP contribution is 2.32. The summed E-state index contributed by atoms with van der Waals surface area (Å²) in [4.78, 5) is 0. The molecule has 1 unspecified atom stereocenters. The standard InChI is InChI=1S/C15H19N3O3/c19-13(11-16-5-7-18-6-1-4-17-18)12-2-3-14-15(10-12)21-9-8-20-14/h1-4,6,10,13,16,19H,5,7-9,11H2. The van der Waals surface area contributed by atoms with E-state index in [9.17, 15) is 5.11 Å². The minimum Gasteiger partial charge on any atom is -0.486 e. The van der Waals surface area contributed by atoms with Crippen molar-refractivity contribution in [1.82, 2.24) is 15.1 Å². The second-order valence-electron chi connectivity index (χ2n) is 4.89. The Balaban J connectivity index is 1.49. The Labute approximate surface area is 123 Å². The second-order valence-corrected chi connectivity index (χ2v) is 4.89. The Morgan fingerprint density at radius 2 is 2.14 bits per heavy atom. The summed E-state index contributed by atoms with van der Waals surface area (Å²) >= 11 is 0. The average Bonchev–Trinajstić information content (AvgIpc) is 3.04. The van der Waals surface area contributed by atoms with Gasteiger partial charge in [0.05, 0.1) is 12.6 Å². The normalized spacial score (nSPS) is 14.9. The maximum Gasteiger partial charge on any atom is 0.161 e. The highest BCUT2D eigenvalue weighted by molar-refractivity contribution is 5.44. The van der Waals surface area contributed by atoms with E-state index in [-0.39, 0.29) is 0 Å². The van der Waals surface area contributed by atoms with E-state index < -0.39 is 6.10 Å². The summed E-state index contributed by atoms with van der Waals surface area (Å²) in [5.74, 6) is 1.44. The topological polar surface area (TPSA) is 68.5 Å². The molecule has 0 bridgehead atoms. The van der Waals surface area contributed by atoms with Crippen LogP contribution in [0.1, 0.15) is 11.7 Å². The largest absolute Gasteiger partial charge is 0.486 e. The molecule has 0 fully saturated rings. The predicted molar refractivity (Wildman–Crippen MR) is 77.5 cm³/mol. The first-order valence-corrected chi connectivity index (χ1v) is 7.09. The quantitative estimate of drug-likeness (QED) is 0.776. The Hall–Kier alpha value is -2.05. The number of nitrogens with one attached hydrogen (secondary N) is 1. The number of rotatable bonds is 6. The number of fused-ring (bicyclic) bond motifs is 1.